The molecule has 0 atom stereocenters. The van der Waals surface area contributed by atoms with Crippen LogP contribution in [0, 0.1) is 5.92 Å². The van der Waals surface area contributed by atoms with Crippen LogP contribution >= 0.6 is 0 Å². The van der Waals surface area contributed by atoms with Gasteiger partial charge in [-0.3, -0.25) is 4.79 Å². The van der Waals surface area contributed by atoms with E-state index in [4.69, 9.17) is 5.73 Å². The Kier molecular flexibility index (Phi) is 4.98. The van der Waals surface area contributed by atoms with Gasteiger partial charge in [0.1, 0.15) is 5.82 Å². The molecule has 0 aromatic carbocycles. The third-order valence-electron chi connectivity index (χ3n) is 3.71. The molecule has 2 rings (SSSR count). The summed E-state index contributed by atoms with van der Waals surface area (Å²) in [5, 5.41) is 3.35. The van der Waals surface area contributed by atoms with Crippen molar-refractivity contribution in [1.82, 2.24) is 14.9 Å². The molecule has 1 aliphatic rings. The average molecular weight is 291 g/mol. The molecule has 1 aromatic rings. The van der Waals surface area contributed by atoms with Gasteiger partial charge in [0, 0.05) is 24.6 Å². The Bertz CT molecular complexity index is 515. The maximum atomic E-state index is 12.1. The number of anilines is 2. The van der Waals surface area contributed by atoms with Crippen LogP contribution in [-0.4, -0.2) is 33.9 Å². The molecule has 6 heteroatoms. The highest BCUT2D eigenvalue weighted by atomic mass is 16.2. The van der Waals surface area contributed by atoms with Crippen molar-refractivity contribution >= 4 is 17.7 Å². The van der Waals surface area contributed by atoms with Crippen LogP contribution in [0.2, 0.25) is 0 Å². The molecule has 1 amide bonds. The second-order valence-electron chi connectivity index (χ2n) is 5.80. The van der Waals surface area contributed by atoms with E-state index in [1.165, 1.54) is 0 Å². The molecule has 0 saturated carbocycles. The van der Waals surface area contributed by atoms with Gasteiger partial charge in [-0.15, -0.1) is 0 Å². The Labute approximate surface area is 126 Å². The van der Waals surface area contributed by atoms with Crippen molar-refractivity contribution in [3.05, 3.63) is 11.3 Å². The van der Waals surface area contributed by atoms with E-state index >= 15 is 0 Å². The van der Waals surface area contributed by atoms with Crippen molar-refractivity contribution in [2.75, 3.05) is 24.1 Å². The first kappa shape index (κ1) is 15.5. The highest BCUT2D eigenvalue weighted by molar-refractivity contribution is 5.78. The normalized spacial score (nSPS) is 14.2. The third-order valence-corrected chi connectivity index (χ3v) is 3.71. The van der Waals surface area contributed by atoms with Gasteiger partial charge in [-0.2, -0.15) is 4.98 Å². The highest BCUT2D eigenvalue weighted by Crippen LogP contribution is 2.25. The molecule has 3 N–H and O–H groups in total. The van der Waals surface area contributed by atoms with Crippen LogP contribution in [0.3, 0.4) is 0 Å². The van der Waals surface area contributed by atoms with E-state index in [-0.39, 0.29) is 17.8 Å². The molecule has 6 nitrogen and oxygen atoms in total. The maximum Gasteiger partial charge on any atom is 0.225 e. The van der Waals surface area contributed by atoms with Crippen molar-refractivity contribution in [2.45, 2.75) is 46.6 Å². The Hall–Kier alpha value is -1.85. The van der Waals surface area contributed by atoms with Crippen LogP contribution < -0.4 is 11.1 Å². The van der Waals surface area contributed by atoms with Crippen molar-refractivity contribution in [3.8, 4) is 0 Å². The Morgan fingerprint density at radius 2 is 2.19 bits per heavy atom. The molecule has 0 saturated heterocycles. The van der Waals surface area contributed by atoms with Gasteiger partial charge in [0.2, 0.25) is 11.9 Å². The fourth-order valence-electron chi connectivity index (χ4n) is 2.53. The first-order chi connectivity index (χ1) is 10.0. The highest BCUT2D eigenvalue weighted by Gasteiger charge is 2.26. The summed E-state index contributed by atoms with van der Waals surface area (Å²) in [6.07, 6.45) is 3.01. The van der Waals surface area contributed by atoms with Crippen LogP contribution in [0.25, 0.3) is 0 Å². The first-order valence-corrected chi connectivity index (χ1v) is 7.70. The topological polar surface area (TPSA) is 84.1 Å². The van der Waals surface area contributed by atoms with Gasteiger partial charge in [0.05, 0.1) is 12.2 Å². The van der Waals surface area contributed by atoms with Gasteiger partial charge in [0.15, 0.2) is 0 Å². The smallest absolute Gasteiger partial charge is 0.225 e. The number of amides is 1. The maximum absolute atomic E-state index is 12.1. The fraction of sp³-hybridized carbons (Fsp3) is 0.667. The molecule has 21 heavy (non-hydrogen) atoms. The molecule has 0 unspecified atom stereocenters. The van der Waals surface area contributed by atoms with Crippen LogP contribution in [0.15, 0.2) is 0 Å². The number of unbranched alkanes of at least 4 members (excludes halogenated alkanes) is 1. The van der Waals surface area contributed by atoms with E-state index in [2.05, 4.69) is 22.2 Å². The molecule has 2 heterocycles. The van der Waals surface area contributed by atoms with Crippen molar-refractivity contribution in [2.24, 2.45) is 5.92 Å². The second kappa shape index (κ2) is 6.74. The van der Waals surface area contributed by atoms with Gasteiger partial charge in [-0.25, -0.2) is 4.98 Å². The third kappa shape index (κ3) is 3.62. The summed E-state index contributed by atoms with van der Waals surface area (Å²) in [6.45, 7) is 8.13. The average Bonchev–Trinajstić information content (AvgIpc) is 2.45. The standard InChI is InChI=1S/C15H25N5O/c1-4-5-7-17-13-11-6-8-20(14(21)10(2)3)9-12(11)18-15(16)19-13/h10H,4-9H2,1-3H3,(H3,16,17,18,19). The number of hydrogen-bond acceptors (Lipinski definition) is 5. The minimum Gasteiger partial charge on any atom is -0.370 e. The molecule has 116 valence electrons. The molecular weight excluding hydrogens is 266 g/mol. The van der Waals surface area contributed by atoms with Gasteiger partial charge < -0.3 is 16.0 Å². The predicted molar refractivity (Wildman–Crippen MR) is 83.8 cm³/mol. The SMILES string of the molecule is CCCCNc1nc(N)nc2c1CCN(C(=O)C(C)C)C2. The molecule has 0 spiro atoms. The number of hydrogen-bond donors (Lipinski definition) is 2. The van der Waals surface area contributed by atoms with E-state index in [0.717, 1.165) is 49.4 Å². The zero-order valence-electron chi connectivity index (χ0n) is 13.1. The minimum absolute atomic E-state index is 0.00730. The largest absolute Gasteiger partial charge is 0.370 e. The zero-order chi connectivity index (χ0) is 15.4. The number of aromatic nitrogens is 2. The molecule has 0 radical (unpaired) electrons. The van der Waals surface area contributed by atoms with Gasteiger partial charge in [-0.1, -0.05) is 27.2 Å². The Balaban J connectivity index is 2.18. The predicted octanol–water partition coefficient (Wildman–Crippen LogP) is 1.81. The summed E-state index contributed by atoms with van der Waals surface area (Å²) in [5.74, 6) is 1.28. The molecule has 1 aromatic heterocycles. The van der Waals surface area contributed by atoms with E-state index in [9.17, 15) is 4.79 Å². The summed E-state index contributed by atoms with van der Waals surface area (Å²) in [5.41, 5.74) is 7.78. The van der Waals surface area contributed by atoms with Crippen molar-refractivity contribution < 1.29 is 4.79 Å². The molecule has 0 fully saturated rings. The van der Waals surface area contributed by atoms with E-state index in [1.807, 2.05) is 18.7 Å². The molecular formula is C15H25N5O. The summed E-state index contributed by atoms with van der Waals surface area (Å²) in [6, 6.07) is 0. The lowest BCUT2D eigenvalue weighted by Gasteiger charge is -2.30. The summed E-state index contributed by atoms with van der Waals surface area (Å²) in [7, 11) is 0. The molecule has 0 aliphatic carbocycles. The second-order valence-corrected chi connectivity index (χ2v) is 5.80. The van der Waals surface area contributed by atoms with Crippen LogP contribution in [0.1, 0.15) is 44.9 Å². The Morgan fingerprint density at radius 3 is 2.86 bits per heavy atom. The van der Waals surface area contributed by atoms with Crippen LogP contribution in [0.4, 0.5) is 11.8 Å². The Morgan fingerprint density at radius 1 is 1.43 bits per heavy atom. The lowest BCUT2D eigenvalue weighted by molar-refractivity contribution is -0.135. The number of rotatable bonds is 5. The van der Waals surface area contributed by atoms with E-state index in [1.54, 1.807) is 0 Å². The number of fused-ring (bicyclic) bond motifs is 1. The molecule has 0 bridgehead atoms. The quantitative estimate of drug-likeness (QED) is 0.808. The van der Waals surface area contributed by atoms with Gasteiger partial charge in [0.25, 0.3) is 0 Å². The van der Waals surface area contributed by atoms with Crippen molar-refractivity contribution in [3.63, 3.8) is 0 Å². The number of nitrogens with two attached hydrogens (primary N) is 1. The summed E-state index contributed by atoms with van der Waals surface area (Å²) in [4.78, 5) is 22.6. The monoisotopic (exact) mass is 291 g/mol. The number of carbonyl (C=O) groups is 1. The lowest BCUT2D eigenvalue weighted by atomic mass is 10.0. The van der Waals surface area contributed by atoms with E-state index in [0.29, 0.717) is 6.54 Å². The summed E-state index contributed by atoms with van der Waals surface area (Å²) >= 11 is 0. The van der Waals surface area contributed by atoms with Crippen LogP contribution in [-0.2, 0) is 17.8 Å². The molecule has 1 aliphatic heterocycles. The van der Waals surface area contributed by atoms with Crippen LogP contribution in [0.5, 0.6) is 0 Å². The first-order valence-electron chi connectivity index (χ1n) is 7.70. The van der Waals surface area contributed by atoms with E-state index < -0.39 is 0 Å². The number of carbonyl (C=O) groups excluding carboxylic acids is 1. The summed E-state index contributed by atoms with van der Waals surface area (Å²) < 4.78 is 0. The zero-order valence-corrected chi connectivity index (χ0v) is 13.1. The lowest BCUT2D eigenvalue weighted by Crippen LogP contribution is -2.39. The number of nitrogen functional groups attached to an aromatic ring is 1. The number of nitrogens with one attached hydrogen (secondary N) is 1. The number of nitrogens with zero attached hydrogens (tertiary/aromatic N) is 3. The van der Waals surface area contributed by atoms with Gasteiger partial charge in [-0.05, 0) is 12.8 Å². The van der Waals surface area contributed by atoms with Crippen molar-refractivity contribution in [1.29, 1.82) is 0 Å². The fourth-order valence-corrected chi connectivity index (χ4v) is 2.53. The van der Waals surface area contributed by atoms with Gasteiger partial charge >= 0.3 is 0 Å². The minimum atomic E-state index is 0.00730.